The summed E-state index contributed by atoms with van der Waals surface area (Å²) in [7, 11) is 1.26. The fourth-order valence-electron chi connectivity index (χ4n) is 1.44. The Kier molecular flexibility index (Phi) is 3.00. The average Bonchev–Trinajstić information content (AvgIpc) is 2.39. The highest BCUT2D eigenvalue weighted by Crippen LogP contribution is 2.25. The number of carbonyl (C=O) groups excluding carboxylic acids is 1. The number of aromatic hydroxyl groups is 1. The van der Waals surface area contributed by atoms with E-state index in [9.17, 15) is 9.90 Å². The Morgan fingerprint density at radius 2 is 1.94 bits per heavy atom. The second kappa shape index (κ2) is 4.61. The number of nitrogens with zero attached hydrogens (tertiary/aromatic N) is 2. The Balaban J connectivity index is 2.48. The maximum atomic E-state index is 11.4. The van der Waals surface area contributed by atoms with E-state index in [4.69, 9.17) is 0 Å². The highest BCUT2D eigenvalue weighted by Gasteiger charge is 2.12. The lowest BCUT2D eigenvalue weighted by molar-refractivity contribution is 0.0597. The second-order valence-corrected chi connectivity index (χ2v) is 3.35. The Labute approximate surface area is 97.7 Å². The first-order valence-electron chi connectivity index (χ1n) is 4.89. The van der Waals surface area contributed by atoms with Crippen LogP contribution in [0.3, 0.4) is 0 Å². The molecule has 0 spiro atoms. The lowest BCUT2D eigenvalue weighted by Gasteiger charge is -2.05. The maximum Gasteiger partial charge on any atom is 0.341 e. The Morgan fingerprint density at radius 1 is 1.24 bits per heavy atom. The van der Waals surface area contributed by atoms with Crippen molar-refractivity contribution in [2.24, 2.45) is 0 Å². The first-order chi connectivity index (χ1) is 8.22. The summed E-state index contributed by atoms with van der Waals surface area (Å²) in [5.41, 5.74) is 1.62. The van der Waals surface area contributed by atoms with Crippen LogP contribution >= 0.6 is 0 Å². The summed E-state index contributed by atoms with van der Waals surface area (Å²) in [6, 6.07) is 4.66. The van der Waals surface area contributed by atoms with Gasteiger partial charge in [0.1, 0.15) is 17.6 Å². The van der Waals surface area contributed by atoms with E-state index in [1.54, 1.807) is 24.5 Å². The molecule has 5 heteroatoms. The zero-order valence-electron chi connectivity index (χ0n) is 9.12. The third kappa shape index (κ3) is 2.23. The van der Waals surface area contributed by atoms with Gasteiger partial charge in [0.25, 0.3) is 0 Å². The molecule has 0 aliphatic heterocycles. The van der Waals surface area contributed by atoms with Gasteiger partial charge in [-0.2, -0.15) is 0 Å². The monoisotopic (exact) mass is 230 g/mol. The minimum Gasteiger partial charge on any atom is -0.507 e. The SMILES string of the molecule is COC(=O)c1cc(-c2cncnc2)ccc1O. The number of methoxy groups -OCH3 is 1. The molecule has 0 fully saturated rings. The number of esters is 1. The molecule has 1 aromatic heterocycles. The van der Waals surface area contributed by atoms with E-state index in [2.05, 4.69) is 14.7 Å². The summed E-state index contributed by atoms with van der Waals surface area (Å²) in [6.07, 6.45) is 4.67. The number of phenols is 1. The lowest BCUT2D eigenvalue weighted by atomic mass is 10.1. The molecule has 0 saturated heterocycles. The van der Waals surface area contributed by atoms with Gasteiger partial charge < -0.3 is 9.84 Å². The topological polar surface area (TPSA) is 72.3 Å². The summed E-state index contributed by atoms with van der Waals surface area (Å²) >= 11 is 0. The molecule has 5 nitrogen and oxygen atoms in total. The molecule has 0 radical (unpaired) electrons. The standard InChI is InChI=1S/C12H10N2O3/c1-17-12(16)10-4-8(2-3-11(10)15)9-5-13-7-14-6-9/h2-7,15H,1H3. The van der Waals surface area contributed by atoms with Gasteiger partial charge >= 0.3 is 5.97 Å². The van der Waals surface area contributed by atoms with Crippen LogP contribution in [0.2, 0.25) is 0 Å². The Hall–Kier alpha value is -2.43. The highest BCUT2D eigenvalue weighted by atomic mass is 16.5. The fourth-order valence-corrected chi connectivity index (χ4v) is 1.44. The van der Waals surface area contributed by atoms with E-state index in [1.807, 2.05) is 0 Å². The number of carbonyl (C=O) groups is 1. The van der Waals surface area contributed by atoms with Gasteiger partial charge in [-0.1, -0.05) is 6.07 Å². The number of rotatable bonds is 2. The van der Waals surface area contributed by atoms with E-state index in [0.29, 0.717) is 0 Å². The van der Waals surface area contributed by atoms with Crippen LogP contribution in [0.25, 0.3) is 11.1 Å². The molecule has 2 aromatic rings. The molecule has 0 aliphatic carbocycles. The van der Waals surface area contributed by atoms with Crippen molar-refractivity contribution in [2.45, 2.75) is 0 Å². The summed E-state index contributed by atoms with van der Waals surface area (Å²) in [4.78, 5) is 19.2. The van der Waals surface area contributed by atoms with Crippen molar-refractivity contribution in [1.29, 1.82) is 0 Å². The summed E-state index contributed by atoms with van der Waals surface area (Å²) in [6.45, 7) is 0. The van der Waals surface area contributed by atoms with E-state index in [1.165, 1.54) is 19.5 Å². The highest BCUT2D eigenvalue weighted by molar-refractivity contribution is 5.93. The summed E-state index contributed by atoms with van der Waals surface area (Å²) < 4.78 is 4.58. The predicted molar refractivity (Wildman–Crippen MR) is 60.5 cm³/mol. The molecule has 0 amide bonds. The third-order valence-electron chi connectivity index (χ3n) is 2.30. The molecule has 1 N–H and O–H groups in total. The van der Waals surface area contributed by atoms with Gasteiger partial charge in [-0.15, -0.1) is 0 Å². The molecule has 1 heterocycles. The van der Waals surface area contributed by atoms with Gasteiger partial charge in [0.2, 0.25) is 0 Å². The van der Waals surface area contributed by atoms with Crippen LogP contribution in [-0.4, -0.2) is 28.2 Å². The molecule has 0 unspecified atom stereocenters. The molecular weight excluding hydrogens is 220 g/mol. The molecule has 1 aromatic carbocycles. The minimum absolute atomic E-state index is 0.113. The molecule has 2 rings (SSSR count). The lowest BCUT2D eigenvalue weighted by Crippen LogP contribution is -2.01. The zero-order chi connectivity index (χ0) is 12.3. The molecule has 0 bridgehead atoms. The number of benzene rings is 1. The van der Waals surface area contributed by atoms with Crippen molar-refractivity contribution in [3.05, 3.63) is 42.5 Å². The fraction of sp³-hybridized carbons (Fsp3) is 0.0833. The quantitative estimate of drug-likeness (QED) is 0.794. The van der Waals surface area contributed by atoms with Crippen molar-refractivity contribution in [3.63, 3.8) is 0 Å². The Morgan fingerprint density at radius 3 is 2.59 bits per heavy atom. The van der Waals surface area contributed by atoms with Crippen molar-refractivity contribution in [1.82, 2.24) is 9.97 Å². The number of hydrogen-bond donors (Lipinski definition) is 1. The van der Waals surface area contributed by atoms with Crippen LogP contribution in [0.5, 0.6) is 5.75 Å². The van der Waals surface area contributed by atoms with E-state index < -0.39 is 5.97 Å². The molecule has 86 valence electrons. The minimum atomic E-state index is -0.582. The molecule has 0 saturated carbocycles. The molecule has 17 heavy (non-hydrogen) atoms. The van der Waals surface area contributed by atoms with Gasteiger partial charge in [-0.3, -0.25) is 0 Å². The van der Waals surface area contributed by atoms with Crippen LogP contribution < -0.4 is 0 Å². The van der Waals surface area contributed by atoms with Crippen LogP contribution in [0.1, 0.15) is 10.4 Å². The molecular formula is C12H10N2O3. The summed E-state index contributed by atoms with van der Waals surface area (Å²) in [5, 5.41) is 9.55. The first-order valence-corrected chi connectivity index (χ1v) is 4.89. The second-order valence-electron chi connectivity index (χ2n) is 3.35. The first kappa shape index (κ1) is 11.1. The van der Waals surface area contributed by atoms with E-state index in [0.717, 1.165) is 11.1 Å². The van der Waals surface area contributed by atoms with Gasteiger partial charge in [-0.05, 0) is 17.7 Å². The number of phenolic OH excluding ortho intramolecular Hbond substituents is 1. The zero-order valence-corrected chi connectivity index (χ0v) is 9.12. The van der Waals surface area contributed by atoms with Crippen LogP contribution in [0.15, 0.2) is 36.9 Å². The normalized spacial score (nSPS) is 9.94. The largest absolute Gasteiger partial charge is 0.507 e. The van der Waals surface area contributed by atoms with E-state index in [-0.39, 0.29) is 11.3 Å². The van der Waals surface area contributed by atoms with Crippen molar-refractivity contribution < 1.29 is 14.6 Å². The molecule has 0 aliphatic rings. The van der Waals surface area contributed by atoms with E-state index >= 15 is 0 Å². The van der Waals surface area contributed by atoms with Gasteiger partial charge in [-0.25, -0.2) is 14.8 Å². The smallest absolute Gasteiger partial charge is 0.341 e. The Bertz CT molecular complexity index is 541. The van der Waals surface area contributed by atoms with Crippen LogP contribution in [-0.2, 0) is 4.74 Å². The average molecular weight is 230 g/mol. The van der Waals surface area contributed by atoms with Crippen LogP contribution in [0.4, 0.5) is 0 Å². The number of ether oxygens (including phenoxy) is 1. The predicted octanol–water partition coefficient (Wildman–Crippen LogP) is 1.64. The summed E-state index contributed by atoms with van der Waals surface area (Å²) in [5.74, 6) is -0.696. The van der Waals surface area contributed by atoms with Crippen molar-refractivity contribution in [2.75, 3.05) is 7.11 Å². The third-order valence-corrected chi connectivity index (χ3v) is 2.30. The maximum absolute atomic E-state index is 11.4. The number of aromatic nitrogens is 2. The number of hydrogen-bond acceptors (Lipinski definition) is 5. The van der Waals surface area contributed by atoms with Gasteiger partial charge in [0.15, 0.2) is 0 Å². The van der Waals surface area contributed by atoms with Crippen molar-refractivity contribution >= 4 is 5.97 Å². The van der Waals surface area contributed by atoms with Crippen molar-refractivity contribution in [3.8, 4) is 16.9 Å². The van der Waals surface area contributed by atoms with Gasteiger partial charge in [0.05, 0.1) is 7.11 Å². The van der Waals surface area contributed by atoms with Crippen LogP contribution in [0, 0.1) is 0 Å². The molecule has 0 atom stereocenters. The van der Waals surface area contributed by atoms with Gasteiger partial charge in [0, 0.05) is 18.0 Å².